The number of pyridine rings is 2. The van der Waals surface area contributed by atoms with Crippen molar-refractivity contribution in [3.63, 3.8) is 0 Å². The fourth-order valence-corrected chi connectivity index (χ4v) is 3.87. The van der Waals surface area contributed by atoms with Gasteiger partial charge < -0.3 is 10.1 Å². The molecule has 2 N–H and O–H groups in total. The highest BCUT2D eigenvalue weighted by Crippen LogP contribution is 2.35. The summed E-state index contributed by atoms with van der Waals surface area (Å²) in [4.78, 5) is 20.9. The molecular formula is C25H25ClFN5O2. The van der Waals surface area contributed by atoms with Gasteiger partial charge >= 0.3 is 0 Å². The van der Waals surface area contributed by atoms with Crippen LogP contribution in [0.3, 0.4) is 0 Å². The number of aryl methyl sites for hydroxylation is 1. The second-order valence-electron chi connectivity index (χ2n) is 8.37. The number of amides is 1. The molecule has 0 saturated carbocycles. The molecule has 3 aromatic heterocycles. The van der Waals surface area contributed by atoms with Gasteiger partial charge in [-0.05, 0) is 31.5 Å². The lowest BCUT2D eigenvalue weighted by atomic mass is 10.0. The monoisotopic (exact) mass is 481 g/mol. The molecule has 9 heteroatoms. The Morgan fingerprint density at radius 2 is 2.06 bits per heavy atom. The molecule has 0 aliphatic heterocycles. The average Bonchev–Trinajstić information content (AvgIpc) is 3.24. The van der Waals surface area contributed by atoms with E-state index in [9.17, 15) is 9.18 Å². The predicted molar refractivity (Wildman–Crippen MR) is 129 cm³/mol. The van der Waals surface area contributed by atoms with Crippen molar-refractivity contribution >= 4 is 28.4 Å². The lowest BCUT2D eigenvalue weighted by molar-refractivity contribution is -0.124. The summed E-state index contributed by atoms with van der Waals surface area (Å²) in [6.45, 7) is 7.43. The van der Waals surface area contributed by atoms with Crippen molar-refractivity contribution in [2.75, 3.05) is 0 Å². The first-order chi connectivity index (χ1) is 16.3. The van der Waals surface area contributed by atoms with Gasteiger partial charge in [0.2, 0.25) is 5.91 Å². The Kier molecular flexibility index (Phi) is 6.79. The molecule has 0 fully saturated rings. The number of para-hydroxylation sites is 1. The van der Waals surface area contributed by atoms with E-state index in [1.165, 1.54) is 6.20 Å². The zero-order valence-electron chi connectivity index (χ0n) is 19.4. The molecule has 0 aliphatic rings. The number of hydrogen-bond donors (Lipinski definition) is 2. The minimum absolute atomic E-state index is 0.0678. The van der Waals surface area contributed by atoms with Gasteiger partial charge in [-0.1, -0.05) is 37.6 Å². The molecule has 1 aromatic carbocycles. The van der Waals surface area contributed by atoms with Crippen LogP contribution in [0.25, 0.3) is 22.2 Å². The van der Waals surface area contributed by atoms with Gasteiger partial charge in [-0.15, -0.1) is 0 Å². The number of carbonyl (C=O) groups excluding carboxylic acids is 1. The van der Waals surface area contributed by atoms with E-state index >= 15 is 0 Å². The molecule has 34 heavy (non-hydrogen) atoms. The maximum atomic E-state index is 14.3. The standard InChI is InChI=1S/C25H25ClFN5O2/c1-13(2)25(33)29-11-21-18(15(4)20(27)10-28-21)12-34-22-7-5-6-16-17(8-14(3)31-24(16)22)23-19(26)9-30-32-23/h5-10,13H,11-12H2,1-4H3,(H,29,33)(H,30,32). The highest BCUT2D eigenvalue weighted by molar-refractivity contribution is 6.33. The summed E-state index contributed by atoms with van der Waals surface area (Å²) in [5.74, 6) is -0.155. The molecule has 0 bridgehead atoms. The Hall–Kier alpha value is -3.52. The smallest absolute Gasteiger partial charge is 0.222 e. The minimum Gasteiger partial charge on any atom is -0.487 e. The minimum atomic E-state index is -0.430. The number of aromatic amines is 1. The van der Waals surface area contributed by atoms with Crippen molar-refractivity contribution in [3.05, 3.63) is 70.0 Å². The molecule has 0 radical (unpaired) electrons. The van der Waals surface area contributed by atoms with Crippen LogP contribution in [0.5, 0.6) is 5.75 Å². The number of aromatic nitrogens is 4. The average molecular weight is 482 g/mol. The summed E-state index contributed by atoms with van der Waals surface area (Å²) < 4.78 is 20.5. The maximum absolute atomic E-state index is 14.3. The molecule has 0 atom stereocenters. The third-order valence-electron chi connectivity index (χ3n) is 5.61. The van der Waals surface area contributed by atoms with Gasteiger partial charge in [-0.25, -0.2) is 9.37 Å². The number of hydrogen-bond acceptors (Lipinski definition) is 5. The summed E-state index contributed by atoms with van der Waals surface area (Å²) >= 11 is 6.31. The number of halogens is 2. The molecule has 4 aromatic rings. The Balaban J connectivity index is 1.68. The predicted octanol–water partition coefficient (Wildman–Crippen LogP) is 5.28. The first-order valence-electron chi connectivity index (χ1n) is 10.9. The second kappa shape index (κ2) is 9.77. The molecule has 0 spiro atoms. The van der Waals surface area contributed by atoms with E-state index in [0.29, 0.717) is 38.8 Å². The fraction of sp³-hybridized carbons (Fsp3) is 0.280. The van der Waals surface area contributed by atoms with Crippen LogP contribution in [0.2, 0.25) is 5.02 Å². The molecular weight excluding hydrogens is 457 g/mol. The van der Waals surface area contributed by atoms with Crippen molar-refractivity contribution in [2.24, 2.45) is 5.92 Å². The summed E-state index contributed by atoms with van der Waals surface area (Å²) in [6.07, 6.45) is 2.72. The van der Waals surface area contributed by atoms with Crippen LogP contribution in [0.15, 0.2) is 36.7 Å². The van der Waals surface area contributed by atoms with Crippen LogP contribution >= 0.6 is 11.6 Å². The van der Waals surface area contributed by atoms with Crippen LogP contribution in [-0.4, -0.2) is 26.1 Å². The van der Waals surface area contributed by atoms with E-state index < -0.39 is 5.82 Å². The van der Waals surface area contributed by atoms with Crippen molar-refractivity contribution in [1.29, 1.82) is 0 Å². The van der Waals surface area contributed by atoms with E-state index in [1.54, 1.807) is 13.1 Å². The molecule has 0 saturated heterocycles. The van der Waals surface area contributed by atoms with Gasteiger partial charge in [0.1, 0.15) is 23.7 Å². The number of carbonyl (C=O) groups is 1. The number of benzene rings is 1. The fourth-order valence-electron chi connectivity index (χ4n) is 3.67. The maximum Gasteiger partial charge on any atom is 0.222 e. The zero-order chi connectivity index (χ0) is 24.4. The van der Waals surface area contributed by atoms with Gasteiger partial charge in [0, 0.05) is 28.1 Å². The second-order valence-corrected chi connectivity index (χ2v) is 8.78. The topological polar surface area (TPSA) is 92.8 Å². The Labute approximate surface area is 201 Å². The van der Waals surface area contributed by atoms with Gasteiger partial charge in [0.25, 0.3) is 0 Å². The third kappa shape index (κ3) is 4.72. The van der Waals surface area contributed by atoms with E-state index in [2.05, 4.69) is 25.5 Å². The molecule has 0 unspecified atom stereocenters. The van der Waals surface area contributed by atoms with Gasteiger partial charge in [0.15, 0.2) is 0 Å². The molecule has 4 rings (SSSR count). The van der Waals surface area contributed by atoms with E-state index in [0.717, 1.165) is 16.6 Å². The van der Waals surface area contributed by atoms with E-state index in [4.69, 9.17) is 16.3 Å². The molecule has 176 valence electrons. The Morgan fingerprint density at radius 3 is 2.76 bits per heavy atom. The molecule has 0 aliphatic carbocycles. The molecule has 3 heterocycles. The molecule has 1 amide bonds. The van der Waals surface area contributed by atoms with Gasteiger partial charge in [-0.3, -0.25) is 14.9 Å². The Morgan fingerprint density at radius 1 is 1.26 bits per heavy atom. The number of ether oxygens (including phenoxy) is 1. The highest BCUT2D eigenvalue weighted by Gasteiger charge is 2.17. The van der Waals surface area contributed by atoms with Crippen LogP contribution in [0, 0.1) is 25.6 Å². The first-order valence-corrected chi connectivity index (χ1v) is 11.3. The quantitative estimate of drug-likeness (QED) is 0.374. The van der Waals surface area contributed by atoms with Crippen LogP contribution in [0.4, 0.5) is 4.39 Å². The van der Waals surface area contributed by atoms with Gasteiger partial charge in [-0.2, -0.15) is 5.10 Å². The number of rotatable bonds is 7. The lowest BCUT2D eigenvalue weighted by Gasteiger charge is -2.16. The van der Waals surface area contributed by atoms with Crippen LogP contribution < -0.4 is 10.1 Å². The highest BCUT2D eigenvalue weighted by atomic mass is 35.5. The van der Waals surface area contributed by atoms with E-state index in [1.807, 2.05) is 45.0 Å². The van der Waals surface area contributed by atoms with Crippen molar-refractivity contribution in [1.82, 2.24) is 25.5 Å². The van der Waals surface area contributed by atoms with Crippen molar-refractivity contribution in [2.45, 2.75) is 40.8 Å². The lowest BCUT2D eigenvalue weighted by Crippen LogP contribution is -2.28. The zero-order valence-corrected chi connectivity index (χ0v) is 20.1. The van der Waals surface area contributed by atoms with Crippen LogP contribution in [-0.2, 0) is 17.9 Å². The summed E-state index contributed by atoms with van der Waals surface area (Å²) in [5.41, 5.74) is 4.56. The number of nitrogens with zero attached hydrogens (tertiary/aromatic N) is 3. The third-order valence-corrected chi connectivity index (χ3v) is 5.90. The molecule has 7 nitrogen and oxygen atoms in total. The SMILES string of the molecule is Cc1cc(-c2[nH]ncc2Cl)c2cccc(OCc3c(CNC(=O)C(C)C)ncc(F)c3C)c2n1. The largest absolute Gasteiger partial charge is 0.487 e. The van der Waals surface area contributed by atoms with Crippen molar-refractivity contribution < 1.29 is 13.9 Å². The van der Waals surface area contributed by atoms with Crippen molar-refractivity contribution in [3.8, 4) is 17.0 Å². The number of fused-ring (bicyclic) bond motifs is 1. The summed E-state index contributed by atoms with van der Waals surface area (Å²) in [6, 6.07) is 7.54. The van der Waals surface area contributed by atoms with Gasteiger partial charge in [0.05, 0.1) is 35.3 Å². The Bertz CT molecular complexity index is 1370. The summed E-state index contributed by atoms with van der Waals surface area (Å²) in [5, 5.41) is 11.1. The number of H-pyrrole nitrogens is 1. The van der Waals surface area contributed by atoms with Crippen LogP contribution in [0.1, 0.15) is 36.4 Å². The number of nitrogens with one attached hydrogen (secondary N) is 2. The first kappa shape index (κ1) is 23.6. The van der Waals surface area contributed by atoms with E-state index in [-0.39, 0.29) is 25.0 Å². The summed E-state index contributed by atoms with van der Waals surface area (Å²) in [7, 11) is 0. The normalized spacial score (nSPS) is 11.3.